The van der Waals surface area contributed by atoms with E-state index < -0.39 is 0 Å². The SMILES string of the molecule is c1ccc(N(c2ccc(-c3cccc4c3ccc3ccccc34)cc2)c2cc3ccccc3c3ccccc23)c(-c2cccc3c2oc2cc4ccccc4cc23)c1. The van der Waals surface area contributed by atoms with Crippen molar-refractivity contribution in [3.8, 4) is 22.3 Å². The number of para-hydroxylation sites is 2. The summed E-state index contributed by atoms with van der Waals surface area (Å²) in [6.45, 7) is 0. The third kappa shape index (κ3) is 5.05. The van der Waals surface area contributed by atoms with E-state index in [1.807, 2.05) is 0 Å². The van der Waals surface area contributed by atoms with Crippen LogP contribution in [0, 0.1) is 0 Å². The minimum absolute atomic E-state index is 0.891. The number of rotatable bonds is 5. The summed E-state index contributed by atoms with van der Waals surface area (Å²) in [5.41, 5.74) is 9.62. The van der Waals surface area contributed by atoms with Gasteiger partial charge in [-0.05, 0) is 96.0 Å². The van der Waals surface area contributed by atoms with E-state index in [2.05, 4.69) is 217 Å². The lowest BCUT2D eigenvalue weighted by Gasteiger charge is -2.29. The van der Waals surface area contributed by atoms with Gasteiger partial charge in [-0.2, -0.15) is 0 Å². The molecule has 1 heterocycles. The molecule has 1 aromatic heterocycles. The van der Waals surface area contributed by atoms with E-state index >= 15 is 0 Å². The molecular formula is C56H35NO. The van der Waals surface area contributed by atoms with Gasteiger partial charge in [0, 0.05) is 33.0 Å². The summed E-state index contributed by atoms with van der Waals surface area (Å²) in [6, 6.07) is 77.1. The van der Waals surface area contributed by atoms with Gasteiger partial charge >= 0.3 is 0 Å². The van der Waals surface area contributed by atoms with Gasteiger partial charge in [0.05, 0.1) is 11.4 Å². The maximum Gasteiger partial charge on any atom is 0.143 e. The smallest absolute Gasteiger partial charge is 0.143 e. The van der Waals surface area contributed by atoms with Crippen molar-refractivity contribution < 1.29 is 4.42 Å². The minimum atomic E-state index is 0.891. The van der Waals surface area contributed by atoms with Gasteiger partial charge < -0.3 is 9.32 Å². The summed E-state index contributed by atoms with van der Waals surface area (Å²) in [5.74, 6) is 0. The molecule has 0 aliphatic heterocycles. The molecule has 0 fully saturated rings. The van der Waals surface area contributed by atoms with Gasteiger partial charge in [0.15, 0.2) is 0 Å². The maximum atomic E-state index is 6.83. The predicted octanol–water partition coefficient (Wildman–Crippen LogP) is 16.2. The summed E-state index contributed by atoms with van der Waals surface area (Å²) in [5, 5.41) is 14.5. The molecule has 0 saturated carbocycles. The van der Waals surface area contributed by atoms with Crippen LogP contribution in [-0.4, -0.2) is 0 Å². The van der Waals surface area contributed by atoms with Gasteiger partial charge in [0.1, 0.15) is 11.2 Å². The van der Waals surface area contributed by atoms with E-state index in [-0.39, 0.29) is 0 Å². The Kier molecular flexibility index (Phi) is 7.26. The summed E-state index contributed by atoms with van der Waals surface area (Å²) in [4.78, 5) is 2.44. The number of benzene rings is 11. The maximum absolute atomic E-state index is 6.83. The van der Waals surface area contributed by atoms with Crippen LogP contribution in [0.3, 0.4) is 0 Å². The minimum Gasteiger partial charge on any atom is -0.455 e. The van der Waals surface area contributed by atoms with Crippen LogP contribution < -0.4 is 4.90 Å². The zero-order chi connectivity index (χ0) is 38.2. The van der Waals surface area contributed by atoms with E-state index in [1.165, 1.54) is 65.0 Å². The Hall–Kier alpha value is -7.68. The van der Waals surface area contributed by atoms with E-state index in [1.54, 1.807) is 0 Å². The second-order valence-electron chi connectivity index (χ2n) is 15.2. The predicted molar refractivity (Wildman–Crippen MR) is 247 cm³/mol. The molecule has 0 aliphatic rings. The monoisotopic (exact) mass is 737 g/mol. The van der Waals surface area contributed by atoms with Crippen LogP contribution in [0.5, 0.6) is 0 Å². The highest BCUT2D eigenvalue weighted by Gasteiger charge is 2.23. The summed E-state index contributed by atoms with van der Waals surface area (Å²) in [6.07, 6.45) is 0. The standard InChI is InChI=1S/C56H35NO/c1-2-15-39-35-55-52(33-38(39)14-1)51-25-12-24-50(56(51)58-55)49-21-9-10-26-53(49)57(54-34-40-16-4-6-18-44(40)46-19-7-8-20-48(46)54)41-30-27-37(28-31-41)43-22-11-23-45-42-17-5-3-13-36(42)29-32-47(43)45/h1-35H. The fourth-order valence-corrected chi connectivity index (χ4v) is 9.30. The number of furan rings is 1. The Morgan fingerprint density at radius 3 is 1.67 bits per heavy atom. The zero-order valence-corrected chi connectivity index (χ0v) is 31.6. The average molecular weight is 738 g/mol. The normalized spacial score (nSPS) is 11.8. The van der Waals surface area contributed by atoms with Crippen LogP contribution >= 0.6 is 0 Å². The molecule has 12 rings (SSSR count). The van der Waals surface area contributed by atoms with Crippen LogP contribution in [0.2, 0.25) is 0 Å². The lowest BCUT2D eigenvalue weighted by molar-refractivity contribution is 0.670. The van der Waals surface area contributed by atoms with E-state index in [4.69, 9.17) is 4.42 Å². The lowest BCUT2D eigenvalue weighted by atomic mass is 9.94. The largest absolute Gasteiger partial charge is 0.455 e. The van der Waals surface area contributed by atoms with Gasteiger partial charge in [-0.15, -0.1) is 0 Å². The van der Waals surface area contributed by atoms with E-state index in [9.17, 15) is 0 Å². The van der Waals surface area contributed by atoms with E-state index in [0.29, 0.717) is 0 Å². The molecule has 270 valence electrons. The summed E-state index contributed by atoms with van der Waals surface area (Å²) >= 11 is 0. The molecule has 0 radical (unpaired) electrons. The molecule has 2 heteroatoms. The molecule has 0 unspecified atom stereocenters. The molecule has 0 atom stereocenters. The first-order valence-electron chi connectivity index (χ1n) is 19.9. The van der Waals surface area contributed by atoms with Crippen LogP contribution in [0.4, 0.5) is 17.1 Å². The molecule has 2 nitrogen and oxygen atoms in total. The van der Waals surface area contributed by atoms with Crippen molar-refractivity contribution in [2.75, 3.05) is 4.90 Å². The molecule has 58 heavy (non-hydrogen) atoms. The van der Waals surface area contributed by atoms with Crippen molar-refractivity contribution in [2.24, 2.45) is 0 Å². The Morgan fingerprint density at radius 2 is 0.862 bits per heavy atom. The van der Waals surface area contributed by atoms with Gasteiger partial charge in [-0.1, -0.05) is 176 Å². The van der Waals surface area contributed by atoms with Crippen molar-refractivity contribution in [1.82, 2.24) is 0 Å². The molecule has 0 bridgehead atoms. The fourth-order valence-electron chi connectivity index (χ4n) is 9.30. The number of nitrogens with zero attached hydrogens (tertiary/aromatic N) is 1. The molecule has 12 aromatic rings. The highest BCUT2D eigenvalue weighted by Crippen LogP contribution is 2.48. The molecular weight excluding hydrogens is 703 g/mol. The Bertz CT molecular complexity index is 3580. The van der Waals surface area contributed by atoms with Crippen molar-refractivity contribution >= 4 is 92.9 Å². The van der Waals surface area contributed by atoms with Crippen molar-refractivity contribution in [1.29, 1.82) is 0 Å². The van der Waals surface area contributed by atoms with Gasteiger partial charge in [0.25, 0.3) is 0 Å². The van der Waals surface area contributed by atoms with Gasteiger partial charge in [-0.25, -0.2) is 0 Å². The van der Waals surface area contributed by atoms with Crippen molar-refractivity contribution in [3.05, 3.63) is 212 Å². The quantitative estimate of drug-likeness (QED) is 0.164. The highest BCUT2D eigenvalue weighted by molar-refractivity contribution is 6.17. The number of hydrogen-bond donors (Lipinski definition) is 0. The van der Waals surface area contributed by atoms with Crippen LogP contribution in [0.1, 0.15) is 0 Å². The molecule has 0 N–H and O–H groups in total. The average Bonchev–Trinajstić information content (AvgIpc) is 3.66. The number of hydrogen-bond acceptors (Lipinski definition) is 2. The second-order valence-corrected chi connectivity index (χ2v) is 15.2. The molecule has 11 aromatic carbocycles. The summed E-state index contributed by atoms with van der Waals surface area (Å²) < 4.78 is 6.83. The molecule has 0 aliphatic carbocycles. The fraction of sp³-hybridized carbons (Fsp3) is 0. The lowest BCUT2D eigenvalue weighted by Crippen LogP contribution is -2.12. The van der Waals surface area contributed by atoms with Gasteiger partial charge in [-0.3, -0.25) is 0 Å². The first-order valence-corrected chi connectivity index (χ1v) is 19.9. The summed E-state index contributed by atoms with van der Waals surface area (Å²) in [7, 11) is 0. The molecule has 0 amide bonds. The van der Waals surface area contributed by atoms with Gasteiger partial charge in [0.2, 0.25) is 0 Å². The third-order valence-corrected chi connectivity index (χ3v) is 12.0. The van der Waals surface area contributed by atoms with Crippen molar-refractivity contribution in [2.45, 2.75) is 0 Å². The number of fused-ring (bicyclic) bond motifs is 10. The van der Waals surface area contributed by atoms with Crippen molar-refractivity contribution in [3.63, 3.8) is 0 Å². The Morgan fingerprint density at radius 1 is 0.293 bits per heavy atom. The Labute approximate surface area is 335 Å². The first-order chi connectivity index (χ1) is 28.8. The second kappa shape index (κ2) is 12.9. The van der Waals surface area contributed by atoms with E-state index in [0.717, 1.165) is 50.1 Å². The molecule has 0 saturated heterocycles. The van der Waals surface area contributed by atoms with Crippen LogP contribution in [0.25, 0.3) is 98.1 Å². The number of anilines is 3. The third-order valence-electron chi connectivity index (χ3n) is 12.0. The molecule has 0 spiro atoms. The van der Waals surface area contributed by atoms with Crippen LogP contribution in [0.15, 0.2) is 217 Å². The van der Waals surface area contributed by atoms with Crippen LogP contribution in [-0.2, 0) is 0 Å². The zero-order valence-electron chi connectivity index (χ0n) is 31.6. The topological polar surface area (TPSA) is 16.4 Å². The first kappa shape index (κ1) is 32.6. The Balaban J connectivity index is 1.09. The highest BCUT2D eigenvalue weighted by atomic mass is 16.3.